The maximum atomic E-state index is 7.52. The lowest BCUT2D eigenvalue weighted by Crippen LogP contribution is -2.48. The van der Waals surface area contributed by atoms with E-state index in [2.05, 4.69) is 22.3 Å². The van der Waals surface area contributed by atoms with Gasteiger partial charge in [-0.15, -0.1) is 12.4 Å². The molecule has 0 radical (unpaired) electrons. The number of aromatic nitrogens is 2. The topological polar surface area (TPSA) is 92.0 Å². The van der Waals surface area contributed by atoms with Crippen molar-refractivity contribution in [2.45, 2.75) is 12.5 Å². The average Bonchev–Trinajstić information content (AvgIpc) is 3.03. The van der Waals surface area contributed by atoms with E-state index in [0.717, 1.165) is 24.1 Å². The zero-order chi connectivity index (χ0) is 16.5. The summed E-state index contributed by atoms with van der Waals surface area (Å²) in [6, 6.07) is 18.2. The van der Waals surface area contributed by atoms with Gasteiger partial charge >= 0.3 is 0 Å². The van der Waals surface area contributed by atoms with Gasteiger partial charge in [-0.25, -0.2) is 0 Å². The molecule has 1 aromatic heterocycles. The zero-order valence-electron chi connectivity index (χ0n) is 13.4. The minimum absolute atomic E-state index is 0. The predicted octanol–water partition coefficient (Wildman–Crippen LogP) is 3.47. The molecule has 0 amide bonds. The van der Waals surface area contributed by atoms with Crippen molar-refractivity contribution in [3.63, 3.8) is 0 Å². The van der Waals surface area contributed by atoms with Crippen molar-refractivity contribution in [2.24, 2.45) is 5.73 Å². The number of halogens is 1. The molecule has 1 aliphatic heterocycles. The summed E-state index contributed by atoms with van der Waals surface area (Å²) in [6.07, 6.45) is 0.869. The summed E-state index contributed by atoms with van der Waals surface area (Å²) in [6.45, 7) is 0.753. The fraction of sp³-hybridized carbons (Fsp3) is 0.167. The van der Waals surface area contributed by atoms with Crippen molar-refractivity contribution < 1.29 is 4.52 Å². The van der Waals surface area contributed by atoms with Gasteiger partial charge in [-0.05, 0) is 17.5 Å². The minimum Gasteiger partial charge on any atom is -0.370 e. The number of guanidine groups is 1. The van der Waals surface area contributed by atoms with E-state index in [1.54, 1.807) is 4.90 Å². The van der Waals surface area contributed by atoms with Crippen LogP contribution in [-0.2, 0) is 0 Å². The monoisotopic (exact) mass is 355 g/mol. The molecular formula is C18H18ClN5O. The number of nitrogens with one attached hydrogen (secondary N) is 1. The molecule has 3 N–H and O–H groups in total. The summed E-state index contributed by atoms with van der Waals surface area (Å²) in [5.41, 5.74) is 8.75. The first-order chi connectivity index (χ1) is 11.7. The third kappa shape index (κ3) is 3.21. The molecule has 1 saturated heterocycles. The van der Waals surface area contributed by atoms with Crippen LogP contribution < -0.4 is 5.73 Å². The van der Waals surface area contributed by atoms with Crippen LogP contribution in [-0.4, -0.2) is 27.5 Å². The van der Waals surface area contributed by atoms with Gasteiger partial charge in [0.05, 0.1) is 0 Å². The quantitative estimate of drug-likeness (QED) is 0.554. The number of hydrogen-bond donors (Lipinski definition) is 2. The maximum Gasteiger partial charge on any atom is 0.249 e. The Morgan fingerprint density at radius 1 is 1.04 bits per heavy atom. The van der Waals surface area contributed by atoms with Gasteiger partial charge in [0.1, 0.15) is 6.04 Å². The van der Waals surface area contributed by atoms with Crippen molar-refractivity contribution in [1.82, 2.24) is 15.0 Å². The van der Waals surface area contributed by atoms with Crippen LogP contribution in [0.4, 0.5) is 0 Å². The third-order valence-electron chi connectivity index (χ3n) is 4.31. The lowest BCUT2D eigenvalue weighted by Gasteiger charge is -2.38. The molecule has 25 heavy (non-hydrogen) atoms. The molecule has 3 aromatic rings. The summed E-state index contributed by atoms with van der Waals surface area (Å²) in [7, 11) is 0. The van der Waals surface area contributed by atoms with Crippen molar-refractivity contribution >= 4 is 18.4 Å². The van der Waals surface area contributed by atoms with E-state index in [1.807, 2.05) is 42.5 Å². The van der Waals surface area contributed by atoms with Crippen LogP contribution in [0.1, 0.15) is 18.4 Å². The van der Waals surface area contributed by atoms with E-state index >= 15 is 0 Å². The van der Waals surface area contributed by atoms with Gasteiger partial charge in [-0.3, -0.25) is 5.41 Å². The van der Waals surface area contributed by atoms with E-state index in [1.165, 1.54) is 5.56 Å². The number of benzene rings is 2. The largest absolute Gasteiger partial charge is 0.370 e. The third-order valence-corrected chi connectivity index (χ3v) is 4.31. The molecule has 1 unspecified atom stereocenters. The van der Waals surface area contributed by atoms with Crippen molar-refractivity contribution in [3.05, 3.63) is 60.5 Å². The highest BCUT2D eigenvalue weighted by molar-refractivity contribution is 5.85. The Morgan fingerprint density at radius 2 is 1.68 bits per heavy atom. The van der Waals surface area contributed by atoms with Crippen LogP contribution in [0, 0.1) is 5.41 Å². The first kappa shape index (κ1) is 17.0. The van der Waals surface area contributed by atoms with E-state index in [4.69, 9.17) is 15.7 Å². The van der Waals surface area contributed by atoms with Gasteiger partial charge in [0.15, 0.2) is 5.96 Å². The summed E-state index contributed by atoms with van der Waals surface area (Å²) in [5, 5.41) is 11.6. The lowest BCUT2D eigenvalue weighted by molar-refractivity contribution is 0.141. The van der Waals surface area contributed by atoms with E-state index in [-0.39, 0.29) is 24.4 Å². The van der Waals surface area contributed by atoms with Crippen molar-refractivity contribution in [3.8, 4) is 22.5 Å². The predicted molar refractivity (Wildman–Crippen MR) is 98.4 cm³/mol. The van der Waals surface area contributed by atoms with Crippen molar-refractivity contribution in [1.29, 1.82) is 5.41 Å². The Morgan fingerprint density at radius 3 is 2.28 bits per heavy atom. The van der Waals surface area contributed by atoms with Crippen molar-refractivity contribution in [2.75, 3.05) is 6.54 Å². The number of nitrogens with zero attached hydrogens (tertiary/aromatic N) is 3. The van der Waals surface area contributed by atoms with Crippen LogP contribution in [0.2, 0.25) is 0 Å². The number of hydrogen-bond acceptors (Lipinski definition) is 4. The van der Waals surface area contributed by atoms with Gasteiger partial charge in [0.2, 0.25) is 11.7 Å². The smallest absolute Gasteiger partial charge is 0.249 e. The second kappa shape index (κ2) is 6.94. The summed E-state index contributed by atoms with van der Waals surface area (Å²) >= 11 is 0. The second-order valence-electron chi connectivity index (χ2n) is 5.78. The van der Waals surface area contributed by atoms with E-state index in [0.29, 0.717) is 11.7 Å². The Kier molecular flexibility index (Phi) is 4.72. The Bertz CT molecular complexity index is 863. The highest BCUT2D eigenvalue weighted by Crippen LogP contribution is 2.32. The molecule has 4 rings (SSSR count). The van der Waals surface area contributed by atoms with E-state index < -0.39 is 0 Å². The first-order valence-electron chi connectivity index (χ1n) is 7.82. The number of rotatable bonds is 3. The normalized spacial score (nSPS) is 16.0. The Hall–Kier alpha value is -2.86. The average molecular weight is 356 g/mol. The summed E-state index contributed by atoms with van der Waals surface area (Å²) in [5.74, 6) is 1.11. The number of nitrogens with two attached hydrogens (primary N) is 1. The molecule has 0 spiro atoms. The van der Waals surface area contributed by atoms with Crippen LogP contribution >= 0.6 is 12.4 Å². The standard InChI is InChI=1S/C18H17N5O.ClH/c19-18(20)23-11-10-15(23)17-21-16(22-24-17)14-8-6-13(7-9-14)12-4-2-1-3-5-12;/h1-9,15H,10-11H2,(H3,19,20);1H. The molecule has 2 aromatic carbocycles. The highest BCUT2D eigenvalue weighted by atomic mass is 35.5. The molecule has 2 heterocycles. The van der Waals surface area contributed by atoms with Gasteiger partial charge in [0.25, 0.3) is 0 Å². The first-order valence-corrected chi connectivity index (χ1v) is 7.82. The molecule has 0 bridgehead atoms. The maximum absolute atomic E-state index is 7.52. The van der Waals surface area contributed by atoms with Crippen LogP contribution in [0.25, 0.3) is 22.5 Å². The van der Waals surface area contributed by atoms with Gasteiger partial charge in [0, 0.05) is 12.1 Å². The molecule has 6 nitrogen and oxygen atoms in total. The SMILES string of the molecule is Cl.N=C(N)N1CCC1c1nc(-c2ccc(-c3ccccc3)cc2)no1. The fourth-order valence-corrected chi connectivity index (χ4v) is 2.86. The van der Waals surface area contributed by atoms with E-state index in [9.17, 15) is 0 Å². The molecule has 7 heteroatoms. The molecule has 0 saturated carbocycles. The molecule has 1 atom stereocenters. The molecule has 1 aliphatic rings. The number of likely N-dealkylation sites (tertiary alicyclic amines) is 1. The minimum atomic E-state index is -0.0765. The Balaban J connectivity index is 0.00000182. The second-order valence-corrected chi connectivity index (χ2v) is 5.78. The van der Waals surface area contributed by atoms with Gasteiger partial charge in [-0.2, -0.15) is 4.98 Å². The molecule has 128 valence electrons. The summed E-state index contributed by atoms with van der Waals surface area (Å²) in [4.78, 5) is 6.21. The molecular weight excluding hydrogens is 338 g/mol. The van der Waals surface area contributed by atoms with Gasteiger partial charge in [-0.1, -0.05) is 59.8 Å². The molecule has 1 fully saturated rings. The highest BCUT2D eigenvalue weighted by Gasteiger charge is 2.35. The van der Waals surface area contributed by atoms with Crippen LogP contribution in [0.15, 0.2) is 59.1 Å². The van der Waals surface area contributed by atoms with Gasteiger partial charge < -0.3 is 15.2 Å². The molecule has 0 aliphatic carbocycles. The lowest BCUT2D eigenvalue weighted by atomic mass is 10.0. The summed E-state index contributed by atoms with van der Waals surface area (Å²) < 4.78 is 5.36. The van der Waals surface area contributed by atoms with Crippen LogP contribution in [0.3, 0.4) is 0 Å². The van der Waals surface area contributed by atoms with Crippen LogP contribution in [0.5, 0.6) is 0 Å². The fourth-order valence-electron chi connectivity index (χ4n) is 2.86. The zero-order valence-corrected chi connectivity index (χ0v) is 14.2. The Labute approximate surface area is 151 Å².